The number of nitrogens with one attached hydrogen (secondary N) is 1. The van der Waals surface area contributed by atoms with Gasteiger partial charge in [0.05, 0.1) is 37.1 Å². The van der Waals surface area contributed by atoms with Gasteiger partial charge in [0, 0.05) is 36.5 Å². The highest BCUT2D eigenvalue weighted by Crippen LogP contribution is 2.34. The fourth-order valence-corrected chi connectivity index (χ4v) is 4.67. The summed E-state index contributed by atoms with van der Waals surface area (Å²) in [6, 6.07) is 10.1. The van der Waals surface area contributed by atoms with Gasteiger partial charge in [-0.25, -0.2) is 4.98 Å². The Kier molecular flexibility index (Phi) is 5.96. The molecule has 5 rings (SSSR count). The zero-order valence-corrected chi connectivity index (χ0v) is 19.7. The van der Waals surface area contributed by atoms with Gasteiger partial charge in [0.25, 0.3) is 5.91 Å². The van der Waals surface area contributed by atoms with E-state index in [0.717, 1.165) is 60.1 Å². The number of methoxy groups -OCH3 is 2. The molecule has 1 amide bonds. The predicted molar refractivity (Wildman–Crippen MR) is 131 cm³/mol. The smallest absolute Gasteiger partial charge is 0.259 e. The highest BCUT2D eigenvalue weighted by atomic mass is 16.5. The summed E-state index contributed by atoms with van der Waals surface area (Å²) in [5.74, 6) is 0.769. The van der Waals surface area contributed by atoms with Crippen molar-refractivity contribution < 1.29 is 14.3 Å². The number of fused-ring (bicyclic) bond motifs is 1. The maximum absolute atomic E-state index is 13.1. The molecule has 1 N–H and O–H groups in total. The average Bonchev–Trinajstić information content (AvgIpc) is 3.63. The lowest BCUT2D eigenvalue weighted by Crippen LogP contribution is -2.33. The highest BCUT2D eigenvalue weighted by molar-refractivity contribution is 6.00. The van der Waals surface area contributed by atoms with Gasteiger partial charge in [0.2, 0.25) is 0 Å². The SMILES string of the molecule is CCn1cc(-c2ccc3c(c2)ncn3-c2cc(OC)c(C(=O)NC3CCCC3)c(OC)c2)cn1. The van der Waals surface area contributed by atoms with Crippen LogP contribution >= 0.6 is 0 Å². The Morgan fingerprint density at radius 2 is 1.82 bits per heavy atom. The summed E-state index contributed by atoms with van der Waals surface area (Å²) in [7, 11) is 3.14. The molecule has 2 aromatic heterocycles. The number of aromatic nitrogens is 4. The van der Waals surface area contributed by atoms with Gasteiger partial charge in [0.1, 0.15) is 23.4 Å². The normalized spacial score (nSPS) is 14.0. The molecule has 4 aromatic rings. The minimum Gasteiger partial charge on any atom is -0.496 e. The Balaban J connectivity index is 1.51. The van der Waals surface area contributed by atoms with E-state index in [4.69, 9.17) is 9.47 Å². The highest BCUT2D eigenvalue weighted by Gasteiger charge is 2.24. The lowest BCUT2D eigenvalue weighted by atomic mass is 10.1. The minimum atomic E-state index is -0.167. The Labute approximate surface area is 198 Å². The van der Waals surface area contributed by atoms with Gasteiger partial charge in [-0.1, -0.05) is 18.9 Å². The predicted octanol–water partition coefficient (Wildman–Crippen LogP) is 4.60. The first-order valence-corrected chi connectivity index (χ1v) is 11.7. The van der Waals surface area contributed by atoms with Crippen molar-refractivity contribution in [3.05, 3.63) is 54.6 Å². The van der Waals surface area contributed by atoms with Crippen LogP contribution in [0.25, 0.3) is 27.8 Å². The van der Waals surface area contributed by atoms with Crippen LogP contribution in [-0.4, -0.2) is 45.5 Å². The zero-order chi connectivity index (χ0) is 23.7. The lowest BCUT2D eigenvalue weighted by molar-refractivity contribution is 0.0931. The van der Waals surface area contributed by atoms with E-state index in [0.29, 0.717) is 17.1 Å². The fraction of sp³-hybridized carbons (Fsp3) is 0.346. The van der Waals surface area contributed by atoms with Crippen LogP contribution in [0.2, 0.25) is 0 Å². The van der Waals surface area contributed by atoms with Gasteiger partial charge >= 0.3 is 0 Å². The van der Waals surface area contributed by atoms with E-state index in [-0.39, 0.29) is 11.9 Å². The molecule has 8 heteroatoms. The van der Waals surface area contributed by atoms with Crippen molar-refractivity contribution in [1.29, 1.82) is 0 Å². The minimum absolute atomic E-state index is 0.167. The molecule has 2 heterocycles. The topological polar surface area (TPSA) is 83.2 Å². The van der Waals surface area contributed by atoms with Crippen molar-refractivity contribution in [3.8, 4) is 28.3 Å². The van der Waals surface area contributed by atoms with Crippen LogP contribution in [0.3, 0.4) is 0 Å². The second kappa shape index (κ2) is 9.21. The van der Waals surface area contributed by atoms with E-state index >= 15 is 0 Å². The van der Waals surface area contributed by atoms with Crippen LogP contribution < -0.4 is 14.8 Å². The molecule has 0 aliphatic heterocycles. The maximum Gasteiger partial charge on any atom is 0.259 e. The number of aryl methyl sites for hydroxylation is 1. The van der Waals surface area contributed by atoms with E-state index in [2.05, 4.69) is 34.5 Å². The van der Waals surface area contributed by atoms with Gasteiger partial charge in [-0.2, -0.15) is 5.10 Å². The fourth-order valence-electron chi connectivity index (χ4n) is 4.67. The molecule has 1 aliphatic rings. The third-order valence-corrected chi connectivity index (χ3v) is 6.52. The molecule has 0 bridgehead atoms. The summed E-state index contributed by atoms with van der Waals surface area (Å²) in [6.45, 7) is 2.89. The zero-order valence-electron chi connectivity index (χ0n) is 19.7. The van der Waals surface area contributed by atoms with Crippen molar-refractivity contribution in [1.82, 2.24) is 24.6 Å². The summed E-state index contributed by atoms with van der Waals surface area (Å²) >= 11 is 0. The lowest BCUT2D eigenvalue weighted by Gasteiger charge is -2.18. The number of imidazole rings is 1. The average molecular weight is 460 g/mol. The van der Waals surface area contributed by atoms with Gasteiger partial charge in [0.15, 0.2) is 0 Å². The van der Waals surface area contributed by atoms with Crippen LogP contribution in [0.1, 0.15) is 43.0 Å². The molecular formula is C26H29N5O3. The number of hydrogen-bond acceptors (Lipinski definition) is 5. The van der Waals surface area contributed by atoms with E-state index in [1.807, 2.05) is 39.8 Å². The Hall–Kier alpha value is -3.81. The van der Waals surface area contributed by atoms with Crippen LogP contribution in [0.15, 0.2) is 49.1 Å². The maximum atomic E-state index is 13.1. The molecule has 2 aromatic carbocycles. The standard InChI is InChI=1S/C26H29N5O3/c1-4-30-15-18(14-28-30)17-9-10-22-21(11-17)27-16-31(22)20-12-23(33-2)25(24(13-20)34-3)26(32)29-19-7-5-6-8-19/h9-16,19H,4-8H2,1-3H3,(H,29,32). The first-order chi connectivity index (χ1) is 16.6. The van der Waals surface area contributed by atoms with Crippen molar-refractivity contribution in [3.63, 3.8) is 0 Å². The van der Waals surface area contributed by atoms with Crippen molar-refractivity contribution in [2.75, 3.05) is 14.2 Å². The Morgan fingerprint density at radius 1 is 1.09 bits per heavy atom. The van der Waals surface area contributed by atoms with Gasteiger partial charge in [-0.3, -0.25) is 14.0 Å². The molecule has 8 nitrogen and oxygen atoms in total. The van der Waals surface area contributed by atoms with Crippen LogP contribution in [-0.2, 0) is 6.54 Å². The van der Waals surface area contributed by atoms with Crippen molar-refractivity contribution in [2.45, 2.75) is 45.2 Å². The van der Waals surface area contributed by atoms with Gasteiger partial charge in [-0.15, -0.1) is 0 Å². The number of nitrogens with zero attached hydrogens (tertiary/aromatic N) is 4. The molecule has 1 fully saturated rings. The molecule has 34 heavy (non-hydrogen) atoms. The van der Waals surface area contributed by atoms with E-state index in [1.54, 1.807) is 20.5 Å². The molecule has 0 atom stereocenters. The number of ether oxygens (including phenoxy) is 2. The quantitative estimate of drug-likeness (QED) is 0.437. The first-order valence-electron chi connectivity index (χ1n) is 11.7. The molecule has 0 unspecified atom stereocenters. The molecule has 176 valence electrons. The number of carbonyl (C=O) groups is 1. The Bertz CT molecular complexity index is 1310. The van der Waals surface area contributed by atoms with Crippen LogP contribution in [0, 0.1) is 0 Å². The molecule has 0 saturated heterocycles. The Morgan fingerprint density at radius 3 is 2.47 bits per heavy atom. The molecular weight excluding hydrogens is 430 g/mol. The summed E-state index contributed by atoms with van der Waals surface area (Å²) < 4.78 is 15.1. The number of carbonyl (C=O) groups excluding carboxylic acids is 1. The van der Waals surface area contributed by atoms with E-state index < -0.39 is 0 Å². The molecule has 1 aliphatic carbocycles. The summed E-state index contributed by atoms with van der Waals surface area (Å²) in [6.07, 6.45) is 9.99. The summed E-state index contributed by atoms with van der Waals surface area (Å²) in [5, 5.41) is 7.50. The van der Waals surface area contributed by atoms with Crippen LogP contribution in [0.5, 0.6) is 11.5 Å². The molecule has 1 saturated carbocycles. The number of benzene rings is 2. The van der Waals surface area contributed by atoms with Crippen molar-refractivity contribution in [2.24, 2.45) is 0 Å². The third-order valence-electron chi connectivity index (χ3n) is 6.52. The number of rotatable bonds is 7. The first kappa shape index (κ1) is 22.0. The van der Waals surface area contributed by atoms with E-state index in [1.165, 1.54) is 0 Å². The second-order valence-corrected chi connectivity index (χ2v) is 8.58. The molecule has 0 radical (unpaired) electrons. The third kappa shape index (κ3) is 4.00. The number of hydrogen-bond donors (Lipinski definition) is 1. The van der Waals surface area contributed by atoms with Gasteiger partial charge < -0.3 is 14.8 Å². The van der Waals surface area contributed by atoms with Crippen LogP contribution in [0.4, 0.5) is 0 Å². The second-order valence-electron chi connectivity index (χ2n) is 8.58. The largest absolute Gasteiger partial charge is 0.496 e. The molecule has 0 spiro atoms. The van der Waals surface area contributed by atoms with Gasteiger partial charge in [-0.05, 0) is 37.5 Å². The summed E-state index contributed by atoms with van der Waals surface area (Å²) in [5.41, 5.74) is 5.15. The van der Waals surface area contributed by atoms with E-state index in [9.17, 15) is 4.79 Å². The number of amides is 1. The summed E-state index contributed by atoms with van der Waals surface area (Å²) in [4.78, 5) is 17.7. The van der Waals surface area contributed by atoms with Crippen molar-refractivity contribution >= 4 is 16.9 Å². The monoisotopic (exact) mass is 459 g/mol.